The average molecular weight is 262 g/mol. The van der Waals surface area contributed by atoms with Crippen LogP contribution in [0.2, 0.25) is 0 Å². The molecule has 0 aliphatic carbocycles. The van der Waals surface area contributed by atoms with Crippen molar-refractivity contribution in [2.45, 2.75) is 39.5 Å². The van der Waals surface area contributed by atoms with Crippen LogP contribution in [0.15, 0.2) is 48.5 Å². The van der Waals surface area contributed by atoms with Crippen LogP contribution in [0.3, 0.4) is 0 Å². The van der Waals surface area contributed by atoms with Crippen LogP contribution in [-0.4, -0.2) is 0 Å². The predicted molar refractivity (Wildman–Crippen MR) is 86.9 cm³/mol. The Bertz CT molecular complexity index is 558. The first kappa shape index (κ1) is 14.4. The molecule has 102 valence electrons. The zero-order valence-corrected chi connectivity index (χ0v) is 12.4. The third-order valence-electron chi connectivity index (χ3n) is 3.28. The van der Waals surface area contributed by atoms with Gasteiger partial charge in [-0.2, -0.15) is 0 Å². The van der Waals surface area contributed by atoms with E-state index in [1.165, 1.54) is 24.0 Å². The topological polar surface area (TPSA) is 0 Å². The summed E-state index contributed by atoms with van der Waals surface area (Å²) in [4.78, 5) is 0. The molecule has 2 rings (SSSR count). The van der Waals surface area contributed by atoms with E-state index in [4.69, 9.17) is 0 Å². The van der Waals surface area contributed by atoms with Gasteiger partial charge < -0.3 is 0 Å². The van der Waals surface area contributed by atoms with Gasteiger partial charge in [0.05, 0.1) is 0 Å². The van der Waals surface area contributed by atoms with Gasteiger partial charge in [-0.15, -0.1) is 0 Å². The van der Waals surface area contributed by atoms with Gasteiger partial charge in [-0.1, -0.05) is 62.8 Å². The van der Waals surface area contributed by atoms with E-state index in [9.17, 15) is 0 Å². The molecule has 0 radical (unpaired) electrons. The minimum absolute atomic E-state index is 1.11. The molecule has 2 aromatic carbocycles. The van der Waals surface area contributed by atoms with E-state index in [2.05, 4.69) is 74.2 Å². The summed E-state index contributed by atoms with van der Waals surface area (Å²) in [5, 5.41) is 0. The molecule has 0 unspecified atom stereocenters. The van der Waals surface area contributed by atoms with Crippen molar-refractivity contribution in [3.63, 3.8) is 0 Å². The molecule has 20 heavy (non-hydrogen) atoms. The third-order valence-corrected chi connectivity index (χ3v) is 3.28. The molecule has 0 aliphatic heterocycles. The van der Waals surface area contributed by atoms with E-state index in [1.54, 1.807) is 0 Å². The summed E-state index contributed by atoms with van der Waals surface area (Å²) in [5.41, 5.74) is 4.96. The number of aryl methyl sites for hydroxylation is 2. The summed E-state index contributed by atoms with van der Waals surface area (Å²) in [6.45, 7) is 4.41. The molecule has 0 N–H and O–H groups in total. The van der Waals surface area contributed by atoms with Crippen LogP contribution in [0, 0.1) is 11.8 Å². The van der Waals surface area contributed by atoms with Gasteiger partial charge >= 0.3 is 0 Å². The predicted octanol–water partition coefficient (Wildman–Crippen LogP) is 4.99. The number of hydrogen-bond donors (Lipinski definition) is 0. The van der Waals surface area contributed by atoms with Crippen molar-refractivity contribution in [2.75, 3.05) is 0 Å². The Labute approximate surface area is 122 Å². The van der Waals surface area contributed by atoms with Crippen LogP contribution in [0.5, 0.6) is 0 Å². The minimum atomic E-state index is 1.11. The highest BCUT2D eigenvalue weighted by molar-refractivity contribution is 5.45. The molecule has 2 aromatic rings. The third kappa shape index (κ3) is 4.28. The molecular formula is C20H22. The number of benzene rings is 2. The lowest BCUT2D eigenvalue weighted by Crippen LogP contribution is -1.85. The molecule has 0 amide bonds. The first-order valence-corrected chi connectivity index (χ1v) is 7.51. The van der Waals surface area contributed by atoms with E-state index in [1.807, 2.05) is 0 Å². The van der Waals surface area contributed by atoms with Gasteiger partial charge in [0.15, 0.2) is 0 Å². The average Bonchev–Trinajstić information content (AvgIpc) is 2.47. The maximum Gasteiger partial charge on any atom is 0.0251 e. The number of rotatable bonds is 4. The van der Waals surface area contributed by atoms with Gasteiger partial charge in [0.25, 0.3) is 0 Å². The Morgan fingerprint density at radius 2 is 1.15 bits per heavy atom. The van der Waals surface area contributed by atoms with Gasteiger partial charge in [0.2, 0.25) is 0 Å². The summed E-state index contributed by atoms with van der Waals surface area (Å²) in [5.74, 6) is 6.56. The van der Waals surface area contributed by atoms with Gasteiger partial charge in [0, 0.05) is 11.1 Å². The minimum Gasteiger partial charge on any atom is -0.0651 e. The summed E-state index contributed by atoms with van der Waals surface area (Å²) >= 11 is 0. The maximum absolute atomic E-state index is 3.28. The second kappa shape index (κ2) is 7.56. The number of hydrogen-bond acceptors (Lipinski definition) is 0. The van der Waals surface area contributed by atoms with E-state index in [-0.39, 0.29) is 0 Å². The SMILES string of the molecule is CCCc1cccc(C#Cc2cccc(CCC)c2)c1. The van der Waals surface area contributed by atoms with E-state index < -0.39 is 0 Å². The van der Waals surface area contributed by atoms with Crippen molar-refractivity contribution in [3.05, 3.63) is 70.8 Å². The Balaban J connectivity index is 2.17. The van der Waals surface area contributed by atoms with Crippen molar-refractivity contribution < 1.29 is 0 Å². The van der Waals surface area contributed by atoms with Crippen molar-refractivity contribution in [1.82, 2.24) is 0 Å². The molecule has 0 aliphatic rings. The molecule has 0 aromatic heterocycles. The van der Waals surface area contributed by atoms with Crippen LogP contribution >= 0.6 is 0 Å². The monoisotopic (exact) mass is 262 g/mol. The van der Waals surface area contributed by atoms with Crippen LogP contribution in [0.4, 0.5) is 0 Å². The summed E-state index contributed by atoms with van der Waals surface area (Å²) in [7, 11) is 0. The van der Waals surface area contributed by atoms with E-state index in [0.29, 0.717) is 0 Å². The highest BCUT2D eigenvalue weighted by atomic mass is 14.0. The molecule has 0 saturated carbocycles. The molecular weight excluding hydrogens is 240 g/mol. The van der Waals surface area contributed by atoms with Gasteiger partial charge in [0.1, 0.15) is 0 Å². The fraction of sp³-hybridized carbons (Fsp3) is 0.300. The van der Waals surface area contributed by atoms with Gasteiger partial charge in [-0.3, -0.25) is 0 Å². The summed E-state index contributed by atoms with van der Waals surface area (Å²) < 4.78 is 0. The van der Waals surface area contributed by atoms with Crippen molar-refractivity contribution in [3.8, 4) is 11.8 Å². The second-order valence-corrected chi connectivity index (χ2v) is 5.15. The van der Waals surface area contributed by atoms with Crippen LogP contribution in [-0.2, 0) is 12.8 Å². The highest BCUT2D eigenvalue weighted by Crippen LogP contribution is 2.09. The fourth-order valence-electron chi connectivity index (χ4n) is 2.33. The molecule has 0 fully saturated rings. The molecule has 0 heterocycles. The summed E-state index contributed by atoms with van der Waals surface area (Å²) in [6, 6.07) is 17.1. The fourth-order valence-corrected chi connectivity index (χ4v) is 2.33. The lowest BCUT2D eigenvalue weighted by molar-refractivity contribution is 0.921. The lowest BCUT2D eigenvalue weighted by Gasteiger charge is -1.99. The molecule has 0 saturated heterocycles. The molecule has 0 spiro atoms. The zero-order valence-electron chi connectivity index (χ0n) is 12.4. The molecule has 0 heteroatoms. The quantitative estimate of drug-likeness (QED) is 0.681. The Morgan fingerprint density at radius 3 is 1.55 bits per heavy atom. The molecule has 0 bridgehead atoms. The molecule has 0 nitrogen and oxygen atoms in total. The summed E-state index contributed by atoms with van der Waals surface area (Å²) in [6.07, 6.45) is 4.61. The van der Waals surface area contributed by atoms with E-state index in [0.717, 1.165) is 24.0 Å². The lowest BCUT2D eigenvalue weighted by atomic mass is 10.1. The van der Waals surface area contributed by atoms with Gasteiger partial charge in [-0.05, 0) is 48.2 Å². The van der Waals surface area contributed by atoms with Crippen LogP contribution in [0.1, 0.15) is 48.9 Å². The largest absolute Gasteiger partial charge is 0.0651 e. The maximum atomic E-state index is 3.28. The normalized spacial score (nSPS) is 9.90. The Morgan fingerprint density at radius 1 is 0.700 bits per heavy atom. The smallest absolute Gasteiger partial charge is 0.0251 e. The van der Waals surface area contributed by atoms with E-state index >= 15 is 0 Å². The highest BCUT2D eigenvalue weighted by Gasteiger charge is 1.94. The Hall–Kier alpha value is -2.00. The Kier molecular flexibility index (Phi) is 5.44. The van der Waals surface area contributed by atoms with Crippen molar-refractivity contribution >= 4 is 0 Å². The van der Waals surface area contributed by atoms with Crippen molar-refractivity contribution in [2.24, 2.45) is 0 Å². The van der Waals surface area contributed by atoms with Crippen LogP contribution < -0.4 is 0 Å². The first-order valence-electron chi connectivity index (χ1n) is 7.51. The zero-order chi connectivity index (χ0) is 14.2. The van der Waals surface area contributed by atoms with Crippen LogP contribution in [0.25, 0.3) is 0 Å². The second-order valence-electron chi connectivity index (χ2n) is 5.15. The standard InChI is InChI=1S/C20H22/c1-3-7-17-9-5-11-19(15-17)13-14-20-12-6-10-18(16-20)8-4-2/h5-6,9-12,15-16H,3-4,7-8H2,1-2H3. The van der Waals surface area contributed by atoms with Crippen molar-refractivity contribution in [1.29, 1.82) is 0 Å². The first-order chi connectivity index (χ1) is 9.81. The molecule has 0 atom stereocenters. The van der Waals surface area contributed by atoms with Gasteiger partial charge in [-0.25, -0.2) is 0 Å².